The number of benzene rings is 1. The average molecular weight is 324 g/mol. The Kier molecular flexibility index (Phi) is 4.67. The molecule has 2 aliphatic rings. The van der Waals surface area contributed by atoms with Crippen LogP contribution in [0.2, 0.25) is 0 Å². The number of hydrogen-bond donors (Lipinski definition) is 0. The van der Waals surface area contributed by atoms with Crippen LogP contribution in [0, 0.1) is 0 Å². The van der Waals surface area contributed by atoms with E-state index in [0.29, 0.717) is 0 Å². The molecule has 1 unspecified atom stereocenters. The van der Waals surface area contributed by atoms with Crippen LogP contribution in [0.3, 0.4) is 0 Å². The summed E-state index contributed by atoms with van der Waals surface area (Å²) in [6.07, 6.45) is 8.80. The first-order valence-electron chi connectivity index (χ1n) is 9.29. The fourth-order valence-electron chi connectivity index (χ4n) is 4.24. The van der Waals surface area contributed by atoms with Crippen LogP contribution in [0.25, 0.3) is 0 Å². The summed E-state index contributed by atoms with van der Waals surface area (Å²) in [5.74, 6) is 1.20. The Labute approximate surface area is 145 Å². The van der Waals surface area contributed by atoms with Gasteiger partial charge in [0.25, 0.3) is 0 Å². The first-order chi connectivity index (χ1) is 11.8. The van der Waals surface area contributed by atoms with Crippen molar-refractivity contribution in [3.63, 3.8) is 0 Å². The first kappa shape index (κ1) is 15.9. The molecule has 0 bridgehead atoms. The van der Waals surface area contributed by atoms with Gasteiger partial charge in [-0.3, -0.25) is 4.90 Å². The molecule has 4 nitrogen and oxygen atoms in total. The fraction of sp³-hybridized carbons (Fsp3) is 0.550. The molecule has 1 aromatic heterocycles. The molecule has 0 radical (unpaired) electrons. The minimum absolute atomic E-state index is 0.747. The van der Waals surface area contributed by atoms with Crippen molar-refractivity contribution in [3.8, 4) is 0 Å². The molecule has 2 heterocycles. The van der Waals surface area contributed by atoms with Gasteiger partial charge in [-0.05, 0) is 30.4 Å². The first-order valence-corrected chi connectivity index (χ1v) is 9.29. The van der Waals surface area contributed by atoms with Crippen LogP contribution in [0.1, 0.15) is 23.4 Å². The van der Waals surface area contributed by atoms with Crippen molar-refractivity contribution in [1.82, 2.24) is 19.4 Å². The Morgan fingerprint density at radius 1 is 1.08 bits per heavy atom. The van der Waals surface area contributed by atoms with Gasteiger partial charge in [0.1, 0.15) is 5.82 Å². The SMILES string of the molecule is Cn1ccnc1CCN1CCN(C2CCc3ccccc3C2)CC1. The summed E-state index contributed by atoms with van der Waals surface area (Å²) in [5, 5.41) is 0. The van der Waals surface area contributed by atoms with Crippen molar-refractivity contribution in [2.75, 3.05) is 32.7 Å². The monoisotopic (exact) mass is 324 g/mol. The molecule has 0 amide bonds. The zero-order valence-corrected chi connectivity index (χ0v) is 14.7. The Hall–Kier alpha value is -1.65. The largest absolute Gasteiger partial charge is 0.338 e. The summed E-state index contributed by atoms with van der Waals surface area (Å²) in [6.45, 7) is 5.96. The number of aryl methyl sites for hydroxylation is 2. The normalized spacial score (nSPS) is 22.5. The average Bonchev–Trinajstić information content (AvgIpc) is 3.05. The number of fused-ring (bicyclic) bond motifs is 1. The van der Waals surface area contributed by atoms with Crippen LogP contribution in [0.5, 0.6) is 0 Å². The fourth-order valence-corrected chi connectivity index (χ4v) is 4.24. The maximum Gasteiger partial charge on any atom is 0.109 e. The molecular weight excluding hydrogens is 296 g/mol. The zero-order valence-electron chi connectivity index (χ0n) is 14.7. The topological polar surface area (TPSA) is 24.3 Å². The van der Waals surface area contributed by atoms with E-state index in [1.165, 1.54) is 51.3 Å². The number of imidazole rings is 1. The molecule has 4 rings (SSSR count). The lowest BCUT2D eigenvalue weighted by Gasteiger charge is -2.41. The minimum Gasteiger partial charge on any atom is -0.338 e. The van der Waals surface area contributed by atoms with Gasteiger partial charge in [0.05, 0.1) is 0 Å². The van der Waals surface area contributed by atoms with Crippen molar-refractivity contribution in [3.05, 3.63) is 53.6 Å². The van der Waals surface area contributed by atoms with E-state index in [2.05, 4.69) is 50.7 Å². The summed E-state index contributed by atoms with van der Waals surface area (Å²) >= 11 is 0. The molecule has 1 saturated heterocycles. The Morgan fingerprint density at radius 2 is 1.88 bits per heavy atom. The summed E-state index contributed by atoms with van der Waals surface area (Å²) in [5.41, 5.74) is 3.15. The molecule has 24 heavy (non-hydrogen) atoms. The molecule has 1 fully saturated rings. The number of rotatable bonds is 4. The smallest absolute Gasteiger partial charge is 0.109 e. The third-order valence-corrected chi connectivity index (χ3v) is 5.82. The zero-order chi connectivity index (χ0) is 16.4. The Balaban J connectivity index is 1.27. The van der Waals surface area contributed by atoms with Gasteiger partial charge in [0.15, 0.2) is 0 Å². The molecule has 0 N–H and O–H groups in total. The second-order valence-electron chi connectivity index (χ2n) is 7.25. The third kappa shape index (κ3) is 3.40. The van der Waals surface area contributed by atoms with Gasteiger partial charge in [0, 0.05) is 64.6 Å². The van der Waals surface area contributed by atoms with E-state index < -0.39 is 0 Å². The molecule has 1 aliphatic heterocycles. The van der Waals surface area contributed by atoms with Gasteiger partial charge in [-0.1, -0.05) is 24.3 Å². The van der Waals surface area contributed by atoms with Crippen LogP contribution in [0.15, 0.2) is 36.7 Å². The second-order valence-corrected chi connectivity index (χ2v) is 7.25. The molecule has 1 atom stereocenters. The van der Waals surface area contributed by atoms with E-state index in [1.807, 2.05) is 12.4 Å². The summed E-state index contributed by atoms with van der Waals surface area (Å²) in [7, 11) is 2.08. The second kappa shape index (κ2) is 7.08. The van der Waals surface area contributed by atoms with Crippen molar-refractivity contribution in [2.45, 2.75) is 31.7 Å². The van der Waals surface area contributed by atoms with Crippen LogP contribution >= 0.6 is 0 Å². The quantitative estimate of drug-likeness (QED) is 0.861. The molecular formula is C20H28N4. The molecule has 1 aliphatic carbocycles. The van der Waals surface area contributed by atoms with Crippen LogP contribution in [-0.2, 0) is 26.3 Å². The van der Waals surface area contributed by atoms with Crippen LogP contribution in [0.4, 0.5) is 0 Å². The van der Waals surface area contributed by atoms with Crippen molar-refractivity contribution in [2.24, 2.45) is 7.05 Å². The van der Waals surface area contributed by atoms with Crippen LogP contribution in [-0.4, -0.2) is 58.1 Å². The standard InChI is InChI=1S/C20H28N4/c1-22-11-9-21-20(22)8-10-23-12-14-24(15-13-23)19-7-6-17-4-2-3-5-18(17)16-19/h2-5,9,11,19H,6-8,10,12-16H2,1H3. The van der Waals surface area contributed by atoms with Gasteiger partial charge in [-0.25, -0.2) is 4.98 Å². The number of nitrogens with zero attached hydrogens (tertiary/aromatic N) is 4. The summed E-state index contributed by atoms with van der Waals surface area (Å²) in [4.78, 5) is 9.76. The van der Waals surface area contributed by atoms with Crippen molar-refractivity contribution < 1.29 is 0 Å². The lowest BCUT2D eigenvalue weighted by molar-refractivity contribution is 0.0898. The lowest BCUT2D eigenvalue weighted by Crippen LogP contribution is -2.52. The molecule has 2 aromatic rings. The van der Waals surface area contributed by atoms with Gasteiger partial charge < -0.3 is 9.47 Å². The summed E-state index contributed by atoms with van der Waals surface area (Å²) in [6, 6.07) is 9.75. The highest BCUT2D eigenvalue weighted by Crippen LogP contribution is 2.25. The maximum absolute atomic E-state index is 4.44. The van der Waals surface area contributed by atoms with E-state index in [0.717, 1.165) is 19.0 Å². The van der Waals surface area contributed by atoms with Crippen LogP contribution < -0.4 is 0 Å². The van der Waals surface area contributed by atoms with Gasteiger partial charge >= 0.3 is 0 Å². The molecule has 0 spiro atoms. The van der Waals surface area contributed by atoms with E-state index in [9.17, 15) is 0 Å². The lowest BCUT2D eigenvalue weighted by atomic mass is 9.87. The summed E-state index contributed by atoms with van der Waals surface area (Å²) < 4.78 is 2.13. The predicted molar refractivity (Wildman–Crippen MR) is 97.2 cm³/mol. The van der Waals surface area contributed by atoms with Crippen molar-refractivity contribution in [1.29, 1.82) is 0 Å². The predicted octanol–water partition coefficient (Wildman–Crippen LogP) is 2.14. The molecule has 4 heteroatoms. The highest BCUT2D eigenvalue weighted by molar-refractivity contribution is 5.30. The Morgan fingerprint density at radius 3 is 2.62 bits per heavy atom. The van der Waals surface area contributed by atoms with E-state index in [1.54, 1.807) is 11.1 Å². The molecule has 1 aromatic carbocycles. The van der Waals surface area contributed by atoms with E-state index in [4.69, 9.17) is 0 Å². The maximum atomic E-state index is 4.44. The Bertz CT molecular complexity index is 670. The van der Waals surface area contributed by atoms with E-state index >= 15 is 0 Å². The van der Waals surface area contributed by atoms with E-state index in [-0.39, 0.29) is 0 Å². The molecule has 128 valence electrons. The van der Waals surface area contributed by atoms with Crippen molar-refractivity contribution >= 4 is 0 Å². The minimum atomic E-state index is 0.747. The number of hydrogen-bond acceptors (Lipinski definition) is 3. The van der Waals surface area contributed by atoms with Gasteiger partial charge in [0.2, 0.25) is 0 Å². The molecule has 0 saturated carbocycles. The van der Waals surface area contributed by atoms with Gasteiger partial charge in [-0.15, -0.1) is 0 Å². The van der Waals surface area contributed by atoms with Gasteiger partial charge in [-0.2, -0.15) is 0 Å². The highest BCUT2D eigenvalue weighted by Gasteiger charge is 2.27. The number of aromatic nitrogens is 2. The highest BCUT2D eigenvalue weighted by atomic mass is 15.3. The third-order valence-electron chi connectivity index (χ3n) is 5.82. The number of piperazine rings is 1.